The standard InChI is InChI=1S/C13H17N3O/c1-3-7-15-8-9-16(13(15)17)10-12-6-4-5-11(2)14-12/h4-6,8-9H,3,7,10H2,1-2H3. The Morgan fingerprint density at radius 2 is 2.00 bits per heavy atom. The zero-order valence-corrected chi connectivity index (χ0v) is 10.3. The van der Waals surface area contributed by atoms with Gasteiger partial charge in [-0.3, -0.25) is 14.1 Å². The van der Waals surface area contributed by atoms with Gasteiger partial charge in [0.2, 0.25) is 0 Å². The van der Waals surface area contributed by atoms with Crippen molar-refractivity contribution in [3.8, 4) is 0 Å². The van der Waals surface area contributed by atoms with Crippen LogP contribution in [-0.2, 0) is 13.1 Å². The van der Waals surface area contributed by atoms with Gasteiger partial charge in [0.15, 0.2) is 0 Å². The Morgan fingerprint density at radius 1 is 1.24 bits per heavy atom. The fourth-order valence-electron chi connectivity index (χ4n) is 1.85. The van der Waals surface area contributed by atoms with Gasteiger partial charge in [-0.05, 0) is 25.5 Å². The highest BCUT2D eigenvalue weighted by Crippen LogP contribution is 2.00. The molecule has 0 unspecified atom stereocenters. The van der Waals surface area contributed by atoms with Crippen LogP contribution in [0.3, 0.4) is 0 Å². The van der Waals surface area contributed by atoms with E-state index in [1.165, 1.54) is 0 Å². The topological polar surface area (TPSA) is 39.8 Å². The fraction of sp³-hybridized carbons (Fsp3) is 0.385. The molecule has 0 aliphatic carbocycles. The van der Waals surface area contributed by atoms with Gasteiger partial charge in [0, 0.05) is 24.6 Å². The molecule has 0 aliphatic rings. The van der Waals surface area contributed by atoms with E-state index in [2.05, 4.69) is 11.9 Å². The number of nitrogens with zero attached hydrogens (tertiary/aromatic N) is 3. The lowest BCUT2D eigenvalue weighted by Gasteiger charge is -2.02. The molecule has 0 aromatic carbocycles. The second kappa shape index (κ2) is 4.99. The summed E-state index contributed by atoms with van der Waals surface area (Å²) >= 11 is 0. The molecule has 17 heavy (non-hydrogen) atoms. The van der Waals surface area contributed by atoms with Gasteiger partial charge in [0.1, 0.15) is 0 Å². The van der Waals surface area contributed by atoms with E-state index >= 15 is 0 Å². The van der Waals surface area contributed by atoms with Crippen LogP contribution < -0.4 is 5.69 Å². The zero-order chi connectivity index (χ0) is 12.3. The van der Waals surface area contributed by atoms with Crippen molar-refractivity contribution < 1.29 is 0 Å². The minimum atomic E-state index is 0.0372. The number of pyridine rings is 1. The van der Waals surface area contributed by atoms with Gasteiger partial charge in [0.05, 0.1) is 12.2 Å². The predicted molar refractivity (Wildman–Crippen MR) is 67.1 cm³/mol. The van der Waals surface area contributed by atoms with Crippen LogP contribution in [0.2, 0.25) is 0 Å². The molecule has 90 valence electrons. The third kappa shape index (κ3) is 2.64. The van der Waals surface area contributed by atoms with E-state index in [1.807, 2.05) is 37.5 Å². The van der Waals surface area contributed by atoms with Crippen molar-refractivity contribution in [2.45, 2.75) is 33.4 Å². The number of hydrogen-bond donors (Lipinski definition) is 0. The van der Waals surface area contributed by atoms with Crippen LogP contribution in [0.15, 0.2) is 35.4 Å². The minimum Gasteiger partial charge on any atom is -0.299 e. The molecule has 2 aromatic heterocycles. The molecule has 0 saturated carbocycles. The lowest BCUT2D eigenvalue weighted by atomic mass is 10.3. The summed E-state index contributed by atoms with van der Waals surface area (Å²) in [6.07, 6.45) is 4.62. The smallest absolute Gasteiger partial charge is 0.299 e. The lowest BCUT2D eigenvalue weighted by molar-refractivity contribution is 0.621. The molecule has 0 aliphatic heterocycles. The molecule has 0 atom stereocenters. The SMILES string of the molecule is CCCn1ccn(Cc2cccc(C)n2)c1=O. The molecule has 0 amide bonds. The Kier molecular flexibility index (Phi) is 3.42. The summed E-state index contributed by atoms with van der Waals surface area (Å²) in [5.74, 6) is 0. The summed E-state index contributed by atoms with van der Waals surface area (Å²) in [5.41, 5.74) is 1.93. The zero-order valence-electron chi connectivity index (χ0n) is 10.3. The quantitative estimate of drug-likeness (QED) is 0.805. The Labute approximate surface area is 101 Å². The van der Waals surface area contributed by atoms with E-state index in [0.717, 1.165) is 24.4 Å². The van der Waals surface area contributed by atoms with Crippen molar-refractivity contribution >= 4 is 0 Å². The maximum atomic E-state index is 11.9. The minimum absolute atomic E-state index is 0.0372. The molecule has 0 radical (unpaired) electrons. The monoisotopic (exact) mass is 231 g/mol. The van der Waals surface area contributed by atoms with Gasteiger partial charge in [-0.25, -0.2) is 4.79 Å². The second-order valence-corrected chi connectivity index (χ2v) is 4.17. The first kappa shape index (κ1) is 11.6. The van der Waals surface area contributed by atoms with Gasteiger partial charge in [0.25, 0.3) is 0 Å². The molecular formula is C13H17N3O. The average Bonchev–Trinajstić information content (AvgIpc) is 2.62. The molecule has 0 fully saturated rings. The average molecular weight is 231 g/mol. The second-order valence-electron chi connectivity index (χ2n) is 4.17. The summed E-state index contributed by atoms with van der Waals surface area (Å²) in [4.78, 5) is 16.3. The van der Waals surface area contributed by atoms with Crippen molar-refractivity contribution in [2.75, 3.05) is 0 Å². The van der Waals surface area contributed by atoms with Crippen LogP contribution in [0.5, 0.6) is 0 Å². The van der Waals surface area contributed by atoms with Gasteiger partial charge in [-0.2, -0.15) is 0 Å². The van der Waals surface area contributed by atoms with Gasteiger partial charge < -0.3 is 0 Å². The first-order chi connectivity index (χ1) is 8.20. The summed E-state index contributed by atoms with van der Waals surface area (Å²) < 4.78 is 3.42. The summed E-state index contributed by atoms with van der Waals surface area (Å²) in [5, 5.41) is 0. The largest absolute Gasteiger partial charge is 0.328 e. The van der Waals surface area contributed by atoms with E-state index in [1.54, 1.807) is 9.13 Å². The molecule has 4 nitrogen and oxygen atoms in total. The number of rotatable bonds is 4. The Hall–Kier alpha value is -1.84. The normalized spacial score (nSPS) is 10.7. The van der Waals surface area contributed by atoms with E-state index < -0.39 is 0 Å². The summed E-state index contributed by atoms with van der Waals surface area (Å²) in [7, 11) is 0. The van der Waals surface area contributed by atoms with Crippen LogP contribution in [0.25, 0.3) is 0 Å². The third-order valence-corrected chi connectivity index (χ3v) is 2.66. The Balaban J connectivity index is 2.22. The highest BCUT2D eigenvalue weighted by atomic mass is 16.1. The van der Waals surface area contributed by atoms with Crippen LogP contribution in [0.4, 0.5) is 0 Å². The van der Waals surface area contributed by atoms with E-state index in [-0.39, 0.29) is 5.69 Å². The third-order valence-electron chi connectivity index (χ3n) is 2.66. The molecular weight excluding hydrogens is 214 g/mol. The maximum Gasteiger partial charge on any atom is 0.328 e. The van der Waals surface area contributed by atoms with Crippen LogP contribution in [0, 0.1) is 6.92 Å². The summed E-state index contributed by atoms with van der Waals surface area (Å²) in [6, 6.07) is 5.86. The van der Waals surface area contributed by atoms with E-state index in [4.69, 9.17) is 0 Å². The molecule has 0 N–H and O–H groups in total. The number of aromatic nitrogens is 3. The Bertz CT molecular complexity index is 554. The van der Waals surface area contributed by atoms with Crippen molar-refractivity contribution in [2.24, 2.45) is 0 Å². The van der Waals surface area contributed by atoms with E-state index in [0.29, 0.717) is 6.54 Å². The van der Waals surface area contributed by atoms with E-state index in [9.17, 15) is 4.79 Å². The number of hydrogen-bond acceptors (Lipinski definition) is 2. The van der Waals surface area contributed by atoms with Crippen LogP contribution >= 0.6 is 0 Å². The van der Waals surface area contributed by atoms with Crippen molar-refractivity contribution in [1.82, 2.24) is 14.1 Å². The van der Waals surface area contributed by atoms with Gasteiger partial charge >= 0.3 is 5.69 Å². The summed E-state index contributed by atoms with van der Waals surface area (Å²) in [6.45, 7) is 5.32. The molecule has 0 saturated heterocycles. The number of aryl methyl sites for hydroxylation is 2. The van der Waals surface area contributed by atoms with Crippen molar-refractivity contribution in [3.63, 3.8) is 0 Å². The van der Waals surface area contributed by atoms with Crippen molar-refractivity contribution in [1.29, 1.82) is 0 Å². The Morgan fingerprint density at radius 3 is 2.71 bits per heavy atom. The molecule has 2 aromatic rings. The lowest BCUT2D eigenvalue weighted by Crippen LogP contribution is -2.24. The first-order valence-electron chi connectivity index (χ1n) is 5.89. The molecule has 2 rings (SSSR count). The van der Waals surface area contributed by atoms with Crippen LogP contribution in [0.1, 0.15) is 24.7 Å². The van der Waals surface area contributed by atoms with Crippen molar-refractivity contribution in [3.05, 3.63) is 52.5 Å². The number of imidazole rings is 1. The van der Waals surface area contributed by atoms with Gasteiger partial charge in [-0.15, -0.1) is 0 Å². The van der Waals surface area contributed by atoms with Gasteiger partial charge in [-0.1, -0.05) is 13.0 Å². The molecule has 0 bridgehead atoms. The predicted octanol–water partition coefficient (Wildman–Crippen LogP) is 1.81. The maximum absolute atomic E-state index is 11.9. The first-order valence-corrected chi connectivity index (χ1v) is 5.89. The molecule has 4 heteroatoms. The highest BCUT2D eigenvalue weighted by Gasteiger charge is 2.03. The molecule has 2 heterocycles. The fourth-order valence-corrected chi connectivity index (χ4v) is 1.85. The van der Waals surface area contributed by atoms with Crippen LogP contribution in [-0.4, -0.2) is 14.1 Å². The molecule has 0 spiro atoms. The highest BCUT2D eigenvalue weighted by molar-refractivity contribution is 5.10.